The van der Waals surface area contributed by atoms with Crippen molar-refractivity contribution < 1.29 is 19.4 Å². The van der Waals surface area contributed by atoms with E-state index in [0.29, 0.717) is 19.6 Å². The van der Waals surface area contributed by atoms with Gasteiger partial charge in [-0.05, 0) is 30.7 Å². The van der Waals surface area contributed by atoms with E-state index in [-0.39, 0.29) is 18.7 Å². The topological polar surface area (TPSA) is 66.8 Å². The van der Waals surface area contributed by atoms with Crippen molar-refractivity contribution in [1.82, 2.24) is 4.90 Å². The second kappa shape index (κ2) is 8.58. The molecule has 5 nitrogen and oxygen atoms in total. The quantitative estimate of drug-likeness (QED) is 0.787. The molecule has 0 unspecified atom stereocenters. The van der Waals surface area contributed by atoms with Crippen molar-refractivity contribution in [3.8, 4) is 5.75 Å². The number of carboxylic acid groups (broad SMARTS) is 1. The Morgan fingerprint density at radius 2 is 1.90 bits per heavy atom. The number of carbonyl (C=O) groups is 2. The Hall–Kier alpha value is -1.56. The van der Waals surface area contributed by atoms with E-state index < -0.39 is 5.97 Å². The number of nitrogens with zero attached hydrogens (tertiary/aromatic N) is 1. The summed E-state index contributed by atoms with van der Waals surface area (Å²) >= 11 is 3.34. The highest BCUT2D eigenvalue weighted by atomic mass is 79.9. The smallest absolute Gasteiger partial charge is 0.303 e. The maximum atomic E-state index is 11.7. The number of ether oxygens (including phenoxy) is 1. The molecule has 0 aromatic heterocycles. The molecule has 0 saturated heterocycles. The predicted molar refractivity (Wildman–Crippen MR) is 78.8 cm³/mol. The molecule has 0 aliphatic rings. The highest BCUT2D eigenvalue weighted by Gasteiger charge is 2.09. The first-order valence-electron chi connectivity index (χ1n) is 6.33. The molecule has 0 atom stereocenters. The van der Waals surface area contributed by atoms with Crippen LogP contribution in [0.4, 0.5) is 0 Å². The largest absolute Gasteiger partial charge is 0.492 e. The molecule has 0 saturated carbocycles. The van der Waals surface area contributed by atoms with Crippen LogP contribution in [0.3, 0.4) is 0 Å². The van der Waals surface area contributed by atoms with Gasteiger partial charge in [0.15, 0.2) is 0 Å². The van der Waals surface area contributed by atoms with E-state index in [2.05, 4.69) is 15.9 Å². The summed E-state index contributed by atoms with van der Waals surface area (Å²) in [6.45, 7) is 0.880. The second-order valence-corrected chi connectivity index (χ2v) is 5.28. The first-order valence-corrected chi connectivity index (χ1v) is 7.12. The van der Waals surface area contributed by atoms with Gasteiger partial charge in [-0.3, -0.25) is 9.59 Å². The van der Waals surface area contributed by atoms with Crippen LogP contribution in [-0.4, -0.2) is 42.1 Å². The van der Waals surface area contributed by atoms with Crippen LogP contribution in [0.25, 0.3) is 0 Å². The minimum atomic E-state index is -0.876. The maximum absolute atomic E-state index is 11.7. The summed E-state index contributed by atoms with van der Waals surface area (Å²) < 4.78 is 6.50. The first-order chi connectivity index (χ1) is 9.49. The second-order valence-electron chi connectivity index (χ2n) is 4.36. The van der Waals surface area contributed by atoms with Crippen LogP contribution in [0.15, 0.2) is 28.7 Å². The molecule has 0 fully saturated rings. The van der Waals surface area contributed by atoms with Gasteiger partial charge in [-0.2, -0.15) is 0 Å². The van der Waals surface area contributed by atoms with Crippen LogP contribution in [0.2, 0.25) is 0 Å². The number of aliphatic carboxylic acids is 1. The highest BCUT2D eigenvalue weighted by molar-refractivity contribution is 9.10. The molecular formula is C14H18BrNO4. The van der Waals surface area contributed by atoms with Crippen LogP contribution in [-0.2, 0) is 9.59 Å². The SMILES string of the molecule is CN(CCOc1ccc(Br)cc1)C(=O)CCCC(=O)O. The molecule has 1 amide bonds. The van der Waals surface area contributed by atoms with E-state index in [1.807, 2.05) is 24.3 Å². The fourth-order valence-corrected chi connectivity index (χ4v) is 1.80. The molecule has 0 spiro atoms. The van der Waals surface area contributed by atoms with Crippen molar-refractivity contribution in [2.45, 2.75) is 19.3 Å². The predicted octanol–water partition coefficient (Wildman–Crippen LogP) is 2.54. The minimum absolute atomic E-state index is 0.0228. The molecule has 1 aromatic rings. The Balaban J connectivity index is 2.21. The van der Waals surface area contributed by atoms with Gasteiger partial charge in [0.25, 0.3) is 0 Å². The third kappa shape index (κ3) is 6.56. The monoisotopic (exact) mass is 343 g/mol. The number of carbonyl (C=O) groups excluding carboxylic acids is 1. The van der Waals surface area contributed by atoms with Crippen molar-refractivity contribution in [2.24, 2.45) is 0 Å². The fraction of sp³-hybridized carbons (Fsp3) is 0.429. The van der Waals surface area contributed by atoms with Crippen molar-refractivity contribution in [3.63, 3.8) is 0 Å². The molecular weight excluding hydrogens is 326 g/mol. The zero-order valence-corrected chi connectivity index (χ0v) is 12.9. The van der Waals surface area contributed by atoms with E-state index >= 15 is 0 Å². The molecule has 6 heteroatoms. The van der Waals surface area contributed by atoms with Gasteiger partial charge in [0.2, 0.25) is 5.91 Å². The molecule has 110 valence electrons. The van der Waals surface area contributed by atoms with Crippen LogP contribution >= 0.6 is 15.9 Å². The number of carboxylic acids is 1. The van der Waals surface area contributed by atoms with Crippen molar-refractivity contribution >= 4 is 27.8 Å². The average molecular weight is 344 g/mol. The summed E-state index contributed by atoms with van der Waals surface area (Å²) in [5.74, 6) is -0.190. The Labute approximate surface area is 126 Å². The molecule has 0 bridgehead atoms. The number of amides is 1. The van der Waals surface area contributed by atoms with Gasteiger partial charge in [0.05, 0.1) is 6.54 Å². The number of hydrogen-bond donors (Lipinski definition) is 1. The molecule has 0 aliphatic carbocycles. The zero-order valence-electron chi connectivity index (χ0n) is 11.3. The normalized spacial score (nSPS) is 10.1. The lowest BCUT2D eigenvalue weighted by Gasteiger charge is -2.17. The van der Waals surface area contributed by atoms with E-state index in [9.17, 15) is 9.59 Å². The van der Waals surface area contributed by atoms with Crippen LogP contribution in [0.5, 0.6) is 5.75 Å². The molecule has 20 heavy (non-hydrogen) atoms. The molecule has 0 radical (unpaired) electrons. The third-order valence-electron chi connectivity index (χ3n) is 2.72. The van der Waals surface area contributed by atoms with E-state index in [0.717, 1.165) is 10.2 Å². The Kier molecular flexibility index (Phi) is 7.08. The van der Waals surface area contributed by atoms with Gasteiger partial charge in [-0.15, -0.1) is 0 Å². The summed E-state index contributed by atoms with van der Waals surface area (Å²) in [6.07, 6.45) is 0.641. The molecule has 0 heterocycles. The number of hydrogen-bond acceptors (Lipinski definition) is 3. The fourth-order valence-electron chi connectivity index (χ4n) is 1.54. The Morgan fingerprint density at radius 1 is 1.25 bits per heavy atom. The lowest BCUT2D eigenvalue weighted by molar-refractivity contribution is -0.137. The lowest BCUT2D eigenvalue weighted by atomic mass is 10.2. The van der Waals surface area contributed by atoms with Crippen molar-refractivity contribution in [2.75, 3.05) is 20.2 Å². The van der Waals surface area contributed by atoms with E-state index in [4.69, 9.17) is 9.84 Å². The molecule has 1 aromatic carbocycles. The Bertz CT molecular complexity index is 447. The zero-order chi connectivity index (χ0) is 15.0. The summed E-state index contributed by atoms with van der Waals surface area (Å²) in [5, 5.41) is 8.50. The first kappa shape index (κ1) is 16.5. The van der Waals surface area contributed by atoms with E-state index in [1.165, 1.54) is 0 Å². The van der Waals surface area contributed by atoms with Crippen LogP contribution in [0.1, 0.15) is 19.3 Å². The van der Waals surface area contributed by atoms with Crippen molar-refractivity contribution in [1.29, 1.82) is 0 Å². The third-order valence-corrected chi connectivity index (χ3v) is 3.24. The Morgan fingerprint density at radius 3 is 2.50 bits per heavy atom. The molecule has 1 N–H and O–H groups in total. The number of benzene rings is 1. The number of rotatable bonds is 8. The van der Waals surface area contributed by atoms with Gasteiger partial charge in [0, 0.05) is 24.4 Å². The van der Waals surface area contributed by atoms with Gasteiger partial charge in [0.1, 0.15) is 12.4 Å². The van der Waals surface area contributed by atoms with Crippen LogP contribution < -0.4 is 4.74 Å². The number of halogens is 1. The summed E-state index contributed by atoms with van der Waals surface area (Å²) in [4.78, 5) is 23.6. The summed E-state index contributed by atoms with van der Waals surface area (Å²) in [6, 6.07) is 7.46. The summed E-state index contributed by atoms with van der Waals surface area (Å²) in [5.41, 5.74) is 0. The minimum Gasteiger partial charge on any atom is -0.492 e. The van der Waals surface area contributed by atoms with Gasteiger partial charge >= 0.3 is 5.97 Å². The average Bonchev–Trinajstić information content (AvgIpc) is 2.40. The molecule has 1 rings (SSSR count). The maximum Gasteiger partial charge on any atom is 0.303 e. The standard InChI is InChI=1S/C14H18BrNO4/c1-16(13(17)3-2-4-14(18)19)9-10-20-12-7-5-11(15)6-8-12/h5-8H,2-4,9-10H2,1H3,(H,18,19). The van der Waals surface area contributed by atoms with Crippen LogP contribution in [0, 0.1) is 0 Å². The highest BCUT2D eigenvalue weighted by Crippen LogP contribution is 2.15. The summed E-state index contributed by atoms with van der Waals surface area (Å²) in [7, 11) is 1.69. The van der Waals surface area contributed by atoms with Gasteiger partial charge in [-0.25, -0.2) is 0 Å². The van der Waals surface area contributed by atoms with Crippen molar-refractivity contribution in [3.05, 3.63) is 28.7 Å². The number of likely N-dealkylation sites (N-methyl/N-ethyl adjacent to an activating group) is 1. The molecule has 0 aliphatic heterocycles. The van der Waals surface area contributed by atoms with E-state index in [1.54, 1.807) is 11.9 Å². The van der Waals surface area contributed by atoms with Gasteiger partial charge in [-0.1, -0.05) is 15.9 Å². The lowest BCUT2D eigenvalue weighted by Crippen LogP contribution is -2.30. The van der Waals surface area contributed by atoms with Gasteiger partial charge < -0.3 is 14.7 Å².